The average Bonchev–Trinajstić information content (AvgIpc) is 2.68. The molecular formula is C20H19ClO6. The van der Waals surface area contributed by atoms with E-state index in [9.17, 15) is 14.4 Å². The number of hydrogen-bond donors (Lipinski definition) is 0. The number of esters is 3. The van der Waals surface area contributed by atoms with Crippen molar-refractivity contribution in [1.29, 1.82) is 0 Å². The number of carbonyl (C=O) groups excluding carboxylic acids is 3. The Morgan fingerprint density at radius 2 is 1.59 bits per heavy atom. The molecule has 0 amide bonds. The standard InChI is InChI=1S/C20H19ClO6/c1-20(27-19(24)18(23)25-2,15-8-10-16(21)11-9-15)12-13-26-17(22)14-6-4-3-5-7-14/h3-11H,12-13H2,1-2H3. The Hall–Kier alpha value is -2.86. The van der Waals surface area contributed by atoms with Crippen LogP contribution in [-0.2, 0) is 29.4 Å². The predicted octanol–water partition coefficient (Wildman–Crippen LogP) is 3.52. The first-order valence-electron chi connectivity index (χ1n) is 8.15. The van der Waals surface area contributed by atoms with Gasteiger partial charge in [-0.2, -0.15) is 0 Å². The minimum atomic E-state index is -1.22. The third-order valence-corrected chi connectivity index (χ3v) is 4.20. The fraction of sp³-hybridized carbons (Fsp3) is 0.250. The van der Waals surface area contributed by atoms with E-state index in [2.05, 4.69) is 4.74 Å². The Balaban J connectivity index is 2.12. The number of halogens is 1. The smallest absolute Gasteiger partial charge is 0.418 e. The molecule has 1 unspecified atom stereocenters. The predicted molar refractivity (Wildman–Crippen MR) is 98.3 cm³/mol. The van der Waals surface area contributed by atoms with E-state index in [-0.39, 0.29) is 13.0 Å². The van der Waals surface area contributed by atoms with E-state index in [0.29, 0.717) is 16.1 Å². The van der Waals surface area contributed by atoms with E-state index in [1.807, 2.05) is 0 Å². The van der Waals surface area contributed by atoms with Crippen LogP contribution >= 0.6 is 11.6 Å². The molecule has 0 saturated carbocycles. The topological polar surface area (TPSA) is 78.9 Å². The molecule has 1 atom stereocenters. The summed E-state index contributed by atoms with van der Waals surface area (Å²) in [5.74, 6) is -2.74. The second kappa shape index (κ2) is 9.19. The van der Waals surface area contributed by atoms with Crippen molar-refractivity contribution >= 4 is 29.5 Å². The first-order valence-corrected chi connectivity index (χ1v) is 8.53. The molecule has 2 aromatic carbocycles. The van der Waals surface area contributed by atoms with Gasteiger partial charge in [0, 0.05) is 11.4 Å². The molecule has 0 aliphatic carbocycles. The lowest BCUT2D eigenvalue weighted by molar-refractivity contribution is -0.177. The second-order valence-corrected chi connectivity index (χ2v) is 6.31. The summed E-state index contributed by atoms with van der Waals surface area (Å²) < 4.78 is 15.0. The summed E-state index contributed by atoms with van der Waals surface area (Å²) >= 11 is 5.90. The highest BCUT2D eigenvalue weighted by Crippen LogP contribution is 2.30. The van der Waals surface area contributed by atoms with Gasteiger partial charge in [0.2, 0.25) is 0 Å². The lowest BCUT2D eigenvalue weighted by atomic mass is 9.92. The van der Waals surface area contributed by atoms with Crippen LogP contribution in [0.4, 0.5) is 0 Å². The van der Waals surface area contributed by atoms with Crippen molar-refractivity contribution in [2.75, 3.05) is 13.7 Å². The molecule has 0 aliphatic rings. The maximum absolute atomic E-state index is 12.1. The molecule has 0 fully saturated rings. The Morgan fingerprint density at radius 1 is 0.963 bits per heavy atom. The van der Waals surface area contributed by atoms with Crippen LogP contribution < -0.4 is 0 Å². The van der Waals surface area contributed by atoms with Gasteiger partial charge >= 0.3 is 17.9 Å². The molecule has 0 N–H and O–H groups in total. The maximum atomic E-state index is 12.1. The lowest BCUT2D eigenvalue weighted by Crippen LogP contribution is -2.34. The van der Waals surface area contributed by atoms with Gasteiger partial charge in [-0.3, -0.25) is 0 Å². The number of hydrogen-bond acceptors (Lipinski definition) is 6. The van der Waals surface area contributed by atoms with Crippen molar-refractivity contribution in [1.82, 2.24) is 0 Å². The van der Waals surface area contributed by atoms with Gasteiger partial charge in [0.05, 0.1) is 19.3 Å². The highest BCUT2D eigenvalue weighted by molar-refractivity contribution is 6.30. The minimum absolute atomic E-state index is 0.0265. The molecule has 27 heavy (non-hydrogen) atoms. The van der Waals surface area contributed by atoms with Crippen molar-refractivity contribution < 1.29 is 28.6 Å². The van der Waals surface area contributed by atoms with E-state index >= 15 is 0 Å². The Labute approximate surface area is 162 Å². The van der Waals surface area contributed by atoms with Gasteiger partial charge in [0.1, 0.15) is 5.60 Å². The summed E-state index contributed by atoms with van der Waals surface area (Å²) in [5.41, 5.74) is -0.204. The summed E-state index contributed by atoms with van der Waals surface area (Å²) in [6.45, 7) is 1.59. The Bertz CT molecular complexity index is 803. The number of methoxy groups -OCH3 is 1. The van der Waals surface area contributed by atoms with Crippen LogP contribution in [0.15, 0.2) is 54.6 Å². The molecule has 0 aliphatic heterocycles. The van der Waals surface area contributed by atoms with Crippen molar-refractivity contribution in [2.45, 2.75) is 18.9 Å². The fourth-order valence-corrected chi connectivity index (χ4v) is 2.51. The van der Waals surface area contributed by atoms with Crippen molar-refractivity contribution in [3.8, 4) is 0 Å². The molecule has 0 bridgehead atoms. The molecule has 142 valence electrons. The van der Waals surface area contributed by atoms with Crippen LogP contribution in [0, 0.1) is 0 Å². The van der Waals surface area contributed by atoms with Crippen LogP contribution in [0.2, 0.25) is 5.02 Å². The van der Waals surface area contributed by atoms with E-state index in [4.69, 9.17) is 21.1 Å². The van der Waals surface area contributed by atoms with E-state index in [1.165, 1.54) is 0 Å². The molecule has 0 heterocycles. The van der Waals surface area contributed by atoms with Crippen LogP contribution in [0.25, 0.3) is 0 Å². The molecule has 6 nitrogen and oxygen atoms in total. The van der Waals surface area contributed by atoms with Gasteiger partial charge in [-0.05, 0) is 36.8 Å². The van der Waals surface area contributed by atoms with Crippen LogP contribution in [0.5, 0.6) is 0 Å². The third-order valence-electron chi connectivity index (χ3n) is 3.95. The van der Waals surface area contributed by atoms with Gasteiger partial charge in [0.25, 0.3) is 0 Å². The van der Waals surface area contributed by atoms with E-state index in [1.54, 1.807) is 61.5 Å². The summed E-state index contributed by atoms with van der Waals surface area (Å²) in [4.78, 5) is 35.4. The van der Waals surface area contributed by atoms with Gasteiger partial charge in [0.15, 0.2) is 0 Å². The monoisotopic (exact) mass is 390 g/mol. The lowest BCUT2D eigenvalue weighted by Gasteiger charge is -2.29. The van der Waals surface area contributed by atoms with Gasteiger partial charge in [-0.25, -0.2) is 14.4 Å². The van der Waals surface area contributed by atoms with Gasteiger partial charge in [-0.15, -0.1) is 0 Å². The largest absolute Gasteiger partial charge is 0.462 e. The van der Waals surface area contributed by atoms with Crippen LogP contribution in [0.1, 0.15) is 29.3 Å². The van der Waals surface area contributed by atoms with Crippen molar-refractivity contribution in [2.24, 2.45) is 0 Å². The molecule has 2 aromatic rings. The summed E-state index contributed by atoms with van der Waals surface area (Å²) in [6, 6.07) is 15.1. The van der Waals surface area contributed by atoms with Crippen molar-refractivity contribution in [3.63, 3.8) is 0 Å². The SMILES string of the molecule is COC(=O)C(=O)OC(C)(CCOC(=O)c1ccccc1)c1ccc(Cl)cc1. The zero-order valence-corrected chi connectivity index (χ0v) is 15.7. The third kappa shape index (κ3) is 5.56. The molecule has 0 saturated heterocycles. The van der Waals surface area contributed by atoms with Crippen LogP contribution in [-0.4, -0.2) is 31.6 Å². The fourth-order valence-electron chi connectivity index (χ4n) is 2.38. The average molecular weight is 391 g/mol. The van der Waals surface area contributed by atoms with E-state index < -0.39 is 23.5 Å². The highest BCUT2D eigenvalue weighted by atomic mass is 35.5. The molecule has 7 heteroatoms. The molecule has 2 rings (SSSR count). The first kappa shape index (κ1) is 20.5. The summed E-state index contributed by atoms with van der Waals surface area (Å²) in [5, 5.41) is 0.510. The number of benzene rings is 2. The maximum Gasteiger partial charge on any atom is 0.418 e. The molecule has 0 radical (unpaired) electrons. The van der Waals surface area contributed by atoms with Crippen LogP contribution in [0.3, 0.4) is 0 Å². The normalized spacial score (nSPS) is 12.6. The summed E-state index contributed by atoms with van der Waals surface area (Å²) in [7, 11) is 1.09. The minimum Gasteiger partial charge on any atom is -0.462 e. The number of rotatable bonds is 6. The number of carbonyl (C=O) groups is 3. The molecular weight excluding hydrogens is 372 g/mol. The Morgan fingerprint density at radius 3 is 2.19 bits per heavy atom. The van der Waals surface area contributed by atoms with Crippen molar-refractivity contribution in [3.05, 3.63) is 70.7 Å². The highest BCUT2D eigenvalue weighted by Gasteiger charge is 2.34. The first-order chi connectivity index (χ1) is 12.9. The molecule has 0 spiro atoms. The zero-order valence-electron chi connectivity index (χ0n) is 14.9. The van der Waals surface area contributed by atoms with Gasteiger partial charge < -0.3 is 14.2 Å². The molecule has 0 aromatic heterocycles. The zero-order chi connectivity index (χ0) is 19.9. The van der Waals surface area contributed by atoms with E-state index in [0.717, 1.165) is 7.11 Å². The quantitative estimate of drug-likeness (QED) is 0.426. The Kier molecular flexibility index (Phi) is 6.96. The summed E-state index contributed by atoms with van der Waals surface area (Å²) in [6.07, 6.45) is 0.135. The van der Waals surface area contributed by atoms with Gasteiger partial charge in [-0.1, -0.05) is 41.9 Å². The number of ether oxygens (including phenoxy) is 3. The second-order valence-electron chi connectivity index (χ2n) is 5.87.